The Kier molecular flexibility index (Phi) is 4.84. The van der Waals surface area contributed by atoms with Crippen molar-refractivity contribution in [2.24, 2.45) is 0 Å². The van der Waals surface area contributed by atoms with E-state index in [-0.39, 0.29) is 22.6 Å². The van der Waals surface area contributed by atoms with Crippen molar-refractivity contribution in [2.75, 3.05) is 0 Å². The lowest BCUT2D eigenvalue weighted by Gasteiger charge is -2.25. The quantitative estimate of drug-likeness (QED) is 0.535. The zero-order valence-electron chi connectivity index (χ0n) is 14.7. The van der Waals surface area contributed by atoms with Crippen molar-refractivity contribution < 1.29 is 27.5 Å². The molecule has 0 fully saturated rings. The number of hydrogen-bond donors (Lipinski definition) is 1. The highest BCUT2D eigenvalue weighted by Gasteiger charge is 2.34. The Morgan fingerprint density at radius 1 is 0.857 bits per heavy atom. The van der Waals surface area contributed by atoms with E-state index in [1.54, 1.807) is 0 Å². The van der Waals surface area contributed by atoms with Gasteiger partial charge < -0.3 is 5.11 Å². The molecule has 0 amide bonds. The molecule has 0 spiro atoms. The molecule has 0 aliphatic heterocycles. The zero-order chi connectivity index (χ0) is 20.6. The molecule has 3 heterocycles. The number of rotatable bonds is 4. The van der Waals surface area contributed by atoms with Crippen molar-refractivity contribution in [1.82, 2.24) is 15.0 Å². The number of carboxylic acids is 1. The molecule has 0 bridgehead atoms. The van der Waals surface area contributed by atoms with Crippen LogP contribution in [0.1, 0.15) is 35.7 Å². The van der Waals surface area contributed by atoms with Crippen LogP contribution in [0.3, 0.4) is 0 Å². The van der Waals surface area contributed by atoms with Gasteiger partial charge in [0.25, 0.3) is 0 Å². The summed E-state index contributed by atoms with van der Waals surface area (Å²) in [4.78, 5) is 22.0. The van der Waals surface area contributed by atoms with Gasteiger partial charge in [0, 0.05) is 0 Å². The Morgan fingerprint density at radius 2 is 1.46 bits per heavy atom. The Labute approximate surface area is 156 Å². The minimum atomic E-state index is -1.50. The highest BCUT2D eigenvalue weighted by molar-refractivity contribution is 5.85. The van der Waals surface area contributed by atoms with E-state index >= 15 is 0 Å². The summed E-state index contributed by atoms with van der Waals surface area (Å²) in [6.07, 6.45) is 0. The standard InChI is InChI=1S/C19H13F4N3O2/c1-19(2,16-11(21)5-7-13(25-16)18(27)28)15-10(20)4-6-12(24-15)9-3-8-14(22)26-17(9)23/h3-8H,1-2H3,(H,27,28). The van der Waals surface area contributed by atoms with Crippen molar-refractivity contribution in [1.29, 1.82) is 0 Å². The molecule has 0 aliphatic rings. The smallest absolute Gasteiger partial charge is 0.354 e. The molecule has 0 atom stereocenters. The van der Waals surface area contributed by atoms with E-state index in [0.29, 0.717) is 0 Å². The first-order valence-corrected chi connectivity index (χ1v) is 8.01. The van der Waals surface area contributed by atoms with E-state index in [0.717, 1.165) is 30.3 Å². The molecule has 5 nitrogen and oxygen atoms in total. The van der Waals surface area contributed by atoms with Crippen LogP contribution in [-0.2, 0) is 5.41 Å². The number of carbonyl (C=O) groups is 1. The summed E-state index contributed by atoms with van der Waals surface area (Å²) in [6.45, 7) is 2.80. The first-order chi connectivity index (χ1) is 13.1. The molecular formula is C19H13F4N3O2. The van der Waals surface area contributed by atoms with Gasteiger partial charge in [0.05, 0.1) is 28.1 Å². The number of hydrogen-bond acceptors (Lipinski definition) is 4. The first-order valence-electron chi connectivity index (χ1n) is 8.01. The molecule has 1 N–H and O–H groups in total. The zero-order valence-corrected chi connectivity index (χ0v) is 14.7. The molecule has 0 aliphatic carbocycles. The number of pyridine rings is 3. The van der Waals surface area contributed by atoms with Crippen molar-refractivity contribution >= 4 is 5.97 Å². The summed E-state index contributed by atoms with van der Waals surface area (Å²) in [5, 5.41) is 9.08. The highest BCUT2D eigenvalue weighted by atomic mass is 19.1. The summed E-state index contributed by atoms with van der Waals surface area (Å²) in [5.74, 6) is -5.22. The van der Waals surface area contributed by atoms with E-state index in [1.807, 2.05) is 0 Å². The van der Waals surface area contributed by atoms with Crippen LogP contribution in [0.15, 0.2) is 36.4 Å². The van der Waals surface area contributed by atoms with Crippen LogP contribution in [0.4, 0.5) is 17.6 Å². The largest absolute Gasteiger partial charge is 0.477 e. The Balaban J connectivity index is 2.17. The maximum Gasteiger partial charge on any atom is 0.354 e. The van der Waals surface area contributed by atoms with Crippen LogP contribution in [0, 0.1) is 23.5 Å². The van der Waals surface area contributed by atoms with E-state index < -0.39 is 40.6 Å². The third kappa shape index (κ3) is 3.42. The molecule has 3 aromatic heterocycles. The molecule has 3 rings (SSSR count). The Morgan fingerprint density at radius 3 is 2.07 bits per heavy atom. The first kappa shape index (κ1) is 19.4. The lowest BCUT2D eigenvalue weighted by atomic mass is 9.83. The van der Waals surface area contributed by atoms with Crippen LogP contribution in [0.5, 0.6) is 0 Å². The molecule has 0 saturated carbocycles. The molecule has 144 valence electrons. The average Bonchev–Trinajstić information content (AvgIpc) is 2.62. The van der Waals surface area contributed by atoms with Gasteiger partial charge in [-0.25, -0.2) is 23.5 Å². The number of halogens is 4. The van der Waals surface area contributed by atoms with Crippen LogP contribution in [0.25, 0.3) is 11.3 Å². The third-order valence-corrected chi connectivity index (χ3v) is 4.19. The molecule has 0 unspecified atom stereocenters. The van der Waals surface area contributed by atoms with E-state index in [9.17, 15) is 22.4 Å². The fraction of sp³-hybridized carbons (Fsp3) is 0.158. The summed E-state index contributed by atoms with van der Waals surface area (Å²) in [5.41, 5.74) is -2.78. The topological polar surface area (TPSA) is 76.0 Å². The fourth-order valence-corrected chi connectivity index (χ4v) is 2.75. The summed E-state index contributed by atoms with van der Waals surface area (Å²) < 4.78 is 55.9. The second kappa shape index (κ2) is 6.99. The van der Waals surface area contributed by atoms with Gasteiger partial charge in [0.2, 0.25) is 11.9 Å². The van der Waals surface area contributed by atoms with Gasteiger partial charge in [0.15, 0.2) is 0 Å². The van der Waals surface area contributed by atoms with Crippen molar-refractivity contribution in [3.8, 4) is 11.3 Å². The maximum absolute atomic E-state index is 14.5. The number of nitrogens with zero attached hydrogens (tertiary/aromatic N) is 3. The van der Waals surface area contributed by atoms with Gasteiger partial charge in [-0.1, -0.05) is 0 Å². The summed E-state index contributed by atoms with van der Waals surface area (Å²) >= 11 is 0. The van der Waals surface area contributed by atoms with Crippen LogP contribution in [-0.4, -0.2) is 26.0 Å². The lowest BCUT2D eigenvalue weighted by Crippen LogP contribution is -2.26. The molecule has 9 heteroatoms. The molecule has 0 aromatic carbocycles. The number of aromatic carboxylic acids is 1. The Hall–Kier alpha value is -3.36. The molecular weight excluding hydrogens is 378 g/mol. The monoisotopic (exact) mass is 391 g/mol. The van der Waals surface area contributed by atoms with Crippen molar-refractivity contribution in [3.05, 3.63) is 77.0 Å². The van der Waals surface area contributed by atoms with E-state index in [1.165, 1.54) is 19.9 Å². The normalized spacial score (nSPS) is 11.5. The summed E-state index contributed by atoms with van der Waals surface area (Å²) in [7, 11) is 0. The molecule has 3 aromatic rings. The van der Waals surface area contributed by atoms with Crippen molar-refractivity contribution in [3.63, 3.8) is 0 Å². The SMILES string of the molecule is CC(C)(c1nc(C(=O)O)ccc1F)c1nc(-c2ccc(F)nc2F)ccc1F. The lowest BCUT2D eigenvalue weighted by molar-refractivity contribution is 0.0690. The van der Waals surface area contributed by atoms with Crippen LogP contribution >= 0.6 is 0 Å². The predicted octanol–water partition coefficient (Wildman–Crippen LogP) is 4.12. The summed E-state index contributed by atoms with van der Waals surface area (Å²) in [6, 6.07) is 6.09. The van der Waals surface area contributed by atoms with Gasteiger partial charge in [-0.15, -0.1) is 0 Å². The van der Waals surface area contributed by atoms with Gasteiger partial charge >= 0.3 is 5.97 Å². The second-order valence-corrected chi connectivity index (χ2v) is 6.46. The van der Waals surface area contributed by atoms with Crippen LogP contribution < -0.4 is 0 Å². The van der Waals surface area contributed by atoms with E-state index in [2.05, 4.69) is 15.0 Å². The van der Waals surface area contributed by atoms with Crippen molar-refractivity contribution in [2.45, 2.75) is 19.3 Å². The molecule has 0 saturated heterocycles. The number of aromatic nitrogens is 3. The minimum absolute atomic E-state index is 0.0516. The van der Waals surface area contributed by atoms with Gasteiger partial charge in [-0.3, -0.25) is 0 Å². The highest BCUT2D eigenvalue weighted by Crippen LogP contribution is 2.34. The molecule has 0 radical (unpaired) electrons. The van der Waals surface area contributed by atoms with Gasteiger partial charge in [0.1, 0.15) is 17.3 Å². The second-order valence-electron chi connectivity index (χ2n) is 6.46. The Bertz CT molecular complexity index is 1090. The number of carboxylic acid groups (broad SMARTS) is 1. The maximum atomic E-state index is 14.5. The van der Waals surface area contributed by atoms with E-state index in [4.69, 9.17) is 5.11 Å². The predicted molar refractivity (Wildman–Crippen MR) is 90.6 cm³/mol. The fourth-order valence-electron chi connectivity index (χ4n) is 2.75. The minimum Gasteiger partial charge on any atom is -0.477 e. The van der Waals surface area contributed by atoms with Gasteiger partial charge in [-0.2, -0.15) is 13.8 Å². The van der Waals surface area contributed by atoms with Crippen LogP contribution in [0.2, 0.25) is 0 Å². The average molecular weight is 391 g/mol. The molecule has 28 heavy (non-hydrogen) atoms. The van der Waals surface area contributed by atoms with Gasteiger partial charge in [-0.05, 0) is 50.2 Å². The third-order valence-electron chi connectivity index (χ3n) is 4.19.